The highest BCUT2D eigenvalue weighted by Crippen LogP contribution is 2.35. The smallest absolute Gasteiger partial charge is 0.166 e. The molecule has 1 atom stereocenters. The molecule has 0 bridgehead atoms. The van der Waals surface area contributed by atoms with Gasteiger partial charge in [0, 0.05) is 31.2 Å². The molecule has 0 saturated carbocycles. The summed E-state index contributed by atoms with van der Waals surface area (Å²) in [5.41, 5.74) is 4.19. The Morgan fingerprint density at radius 1 is 1.30 bits per heavy atom. The molecule has 1 aliphatic heterocycles. The van der Waals surface area contributed by atoms with Gasteiger partial charge in [0.15, 0.2) is 17.3 Å². The van der Waals surface area contributed by atoms with Crippen molar-refractivity contribution in [2.45, 2.75) is 39.2 Å². The normalized spacial score (nSPS) is 16.5. The number of ether oxygens (including phenoxy) is 2. The molecule has 7 heteroatoms. The van der Waals surface area contributed by atoms with Crippen molar-refractivity contribution < 1.29 is 14.6 Å². The lowest BCUT2D eigenvalue weighted by Crippen LogP contribution is -2.38. The minimum Gasteiger partial charge on any atom is -0.504 e. The predicted molar refractivity (Wildman–Crippen MR) is 114 cm³/mol. The minimum absolute atomic E-state index is 0.163. The number of hydrogen-bond acceptors (Lipinski definition) is 6. The monoisotopic (exact) mass is 408 g/mol. The summed E-state index contributed by atoms with van der Waals surface area (Å²) >= 11 is 0. The van der Waals surface area contributed by atoms with E-state index in [4.69, 9.17) is 9.47 Å². The molecule has 2 aromatic heterocycles. The summed E-state index contributed by atoms with van der Waals surface area (Å²) in [5, 5.41) is 18.1. The van der Waals surface area contributed by atoms with Crippen LogP contribution in [0.3, 0.4) is 0 Å². The van der Waals surface area contributed by atoms with Crippen molar-refractivity contribution in [3.8, 4) is 17.3 Å². The van der Waals surface area contributed by atoms with Gasteiger partial charge in [-0.3, -0.25) is 5.32 Å². The van der Waals surface area contributed by atoms with Crippen molar-refractivity contribution in [2.75, 3.05) is 19.9 Å². The van der Waals surface area contributed by atoms with E-state index in [-0.39, 0.29) is 5.75 Å². The molecule has 1 aromatic carbocycles. The van der Waals surface area contributed by atoms with Gasteiger partial charge in [0.05, 0.1) is 6.61 Å². The number of pyridine rings is 1. The SMILES string of the molecule is Cc1c(Cc2ccc(-n3cccn3)nc2)cc(O)c(OCNC2CCCOC2)c1C. The molecular weight excluding hydrogens is 380 g/mol. The third-order valence-corrected chi connectivity index (χ3v) is 5.62. The van der Waals surface area contributed by atoms with Crippen molar-refractivity contribution in [3.05, 3.63) is 65.1 Å². The maximum Gasteiger partial charge on any atom is 0.166 e. The van der Waals surface area contributed by atoms with Crippen molar-refractivity contribution >= 4 is 0 Å². The molecule has 4 rings (SSSR count). The topological polar surface area (TPSA) is 81.4 Å². The molecule has 1 fully saturated rings. The minimum atomic E-state index is 0.163. The molecule has 1 aliphatic rings. The van der Waals surface area contributed by atoms with Crippen LogP contribution in [0.1, 0.15) is 35.1 Å². The second-order valence-corrected chi connectivity index (χ2v) is 7.69. The highest BCUT2D eigenvalue weighted by atomic mass is 16.5. The third-order valence-electron chi connectivity index (χ3n) is 5.62. The molecule has 0 amide bonds. The van der Waals surface area contributed by atoms with E-state index in [1.165, 1.54) is 0 Å². The molecule has 158 valence electrons. The highest BCUT2D eigenvalue weighted by Gasteiger charge is 2.16. The average molecular weight is 409 g/mol. The molecule has 0 aliphatic carbocycles. The van der Waals surface area contributed by atoms with E-state index in [1.807, 2.05) is 37.5 Å². The first kappa shape index (κ1) is 20.4. The van der Waals surface area contributed by atoms with E-state index in [0.29, 0.717) is 31.5 Å². The molecule has 1 saturated heterocycles. The van der Waals surface area contributed by atoms with Gasteiger partial charge in [0.1, 0.15) is 6.73 Å². The summed E-state index contributed by atoms with van der Waals surface area (Å²) in [5.74, 6) is 1.47. The lowest BCUT2D eigenvalue weighted by molar-refractivity contribution is 0.0623. The molecule has 7 nitrogen and oxygen atoms in total. The van der Waals surface area contributed by atoms with Crippen LogP contribution in [-0.2, 0) is 11.2 Å². The maximum atomic E-state index is 10.6. The fraction of sp³-hybridized carbons (Fsp3) is 0.391. The molecule has 3 heterocycles. The van der Waals surface area contributed by atoms with Gasteiger partial charge < -0.3 is 14.6 Å². The number of phenols is 1. The lowest BCUT2D eigenvalue weighted by atomic mass is 9.96. The lowest BCUT2D eigenvalue weighted by Gasteiger charge is -2.24. The largest absolute Gasteiger partial charge is 0.504 e. The summed E-state index contributed by atoms with van der Waals surface area (Å²) in [6.45, 7) is 5.93. The van der Waals surface area contributed by atoms with Crippen LogP contribution in [0, 0.1) is 13.8 Å². The quantitative estimate of drug-likeness (QED) is 0.584. The van der Waals surface area contributed by atoms with E-state index < -0.39 is 0 Å². The van der Waals surface area contributed by atoms with Crippen LogP contribution in [-0.4, -0.2) is 45.9 Å². The van der Waals surface area contributed by atoms with E-state index >= 15 is 0 Å². The summed E-state index contributed by atoms with van der Waals surface area (Å²) in [6, 6.07) is 7.95. The van der Waals surface area contributed by atoms with Crippen molar-refractivity contribution in [2.24, 2.45) is 0 Å². The van der Waals surface area contributed by atoms with Crippen LogP contribution >= 0.6 is 0 Å². The highest BCUT2D eigenvalue weighted by molar-refractivity contribution is 5.53. The molecule has 3 aromatic rings. The first-order valence-electron chi connectivity index (χ1n) is 10.3. The van der Waals surface area contributed by atoms with Gasteiger partial charge in [0.2, 0.25) is 0 Å². The van der Waals surface area contributed by atoms with Crippen LogP contribution in [0.5, 0.6) is 11.5 Å². The molecule has 30 heavy (non-hydrogen) atoms. The van der Waals surface area contributed by atoms with Gasteiger partial charge in [-0.25, -0.2) is 9.67 Å². The second kappa shape index (κ2) is 9.28. The number of nitrogens with one attached hydrogen (secondary N) is 1. The standard InChI is InChI=1S/C23H28N4O3/c1-16-17(2)23(30-15-25-20-5-3-10-29-14-20)21(28)12-19(16)11-18-6-7-22(24-13-18)27-9-4-8-26-27/h4,6-9,12-13,20,25,28H,3,5,10-11,14-15H2,1-2H3. The van der Waals surface area contributed by atoms with Gasteiger partial charge >= 0.3 is 0 Å². The van der Waals surface area contributed by atoms with E-state index in [9.17, 15) is 5.11 Å². The molecular formula is C23H28N4O3. The zero-order valence-electron chi connectivity index (χ0n) is 17.5. The summed E-state index contributed by atoms with van der Waals surface area (Å²) in [6.07, 6.45) is 8.27. The number of aromatic hydroxyl groups is 1. The molecule has 2 N–H and O–H groups in total. The van der Waals surface area contributed by atoms with Gasteiger partial charge in [0.25, 0.3) is 0 Å². The first-order valence-corrected chi connectivity index (χ1v) is 10.3. The Balaban J connectivity index is 1.42. The Morgan fingerprint density at radius 2 is 2.20 bits per heavy atom. The van der Waals surface area contributed by atoms with Crippen LogP contribution in [0.2, 0.25) is 0 Å². The summed E-state index contributed by atoms with van der Waals surface area (Å²) in [4.78, 5) is 4.49. The zero-order chi connectivity index (χ0) is 20.9. The average Bonchev–Trinajstić information content (AvgIpc) is 3.30. The van der Waals surface area contributed by atoms with Gasteiger partial charge in [-0.2, -0.15) is 5.10 Å². The molecule has 0 radical (unpaired) electrons. The van der Waals surface area contributed by atoms with Crippen LogP contribution in [0.25, 0.3) is 5.82 Å². The Labute approximate surface area is 176 Å². The Bertz CT molecular complexity index is 965. The maximum absolute atomic E-state index is 10.6. The van der Waals surface area contributed by atoms with Gasteiger partial charge in [-0.1, -0.05) is 6.07 Å². The van der Waals surface area contributed by atoms with Gasteiger partial charge in [-0.15, -0.1) is 0 Å². The van der Waals surface area contributed by atoms with Crippen LogP contribution in [0.4, 0.5) is 0 Å². The fourth-order valence-corrected chi connectivity index (χ4v) is 3.72. The Kier molecular flexibility index (Phi) is 6.30. The molecule has 0 spiro atoms. The van der Waals surface area contributed by atoms with Crippen molar-refractivity contribution in [3.63, 3.8) is 0 Å². The van der Waals surface area contributed by atoms with Crippen LogP contribution < -0.4 is 10.1 Å². The number of phenolic OH excluding ortho intramolecular Hbond substituents is 1. The number of aromatic nitrogens is 3. The zero-order valence-corrected chi connectivity index (χ0v) is 17.5. The van der Waals surface area contributed by atoms with E-state index in [1.54, 1.807) is 16.9 Å². The Morgan fingerprint density at radius 3 is 2.90 bits per heavy atom. The van der Waals surface area contributed by atoms with Crippen molar-refractivity contribution in [1.82, 2.24) is 20.1 Å². The van der Waals surface area contributed by atoms with Crippen LogP contribution in [0.15, 0.2) is 42.9 Å². The Hall–Kier alpha value is -2.90. The van der Waals surface area contributed by atoms with Crippen molar-refractivity contribution in [1.29, 1.82) is 0 Å². The first-order chi connectivity index (χ1) is 14.6. The van der Waals surface area contributed by atoms with Gasteiger partial charge in [-0.05, 0) is 73.6 Å². The van der Waals surface area contributed by atoms with E-state index in [0.717, 1.165) is 47.5 Å². The number of nitrogens with zero attached hydrogens (tertiary/aromatic N) is 3. The number of rotatable bonds is 7. The summed E-state index contributed by atoms with van der Waals surface area (Å²) < 4.78 is 13.1. The molecule has 1 unspecified atom stereocenters. The number of hydrogen-bond donors (Lipinski definition) is 2. The number of benzene rings is 1. The van der Waals surface area contributed by atoms with E-state index in [2.05, 4.69) is 22.3 Å². The predicted octanol–water partition coefficient (Wildman–Crippen LogP) is 3.29. The fourth-order valence-electron chi connectivity index (χ4n) is 3.72. The second-order valence-electron chi connectivity index (χ2n) is 7.69. The summed E-state index contributed by atoms with van der Waals surface area (Å²) in [7, 11) is 0. The third kappa shape index (κ3) is 4.63.